The molecule has 4 aromatic rings. The quantitative estimate of drug-likeness (QED) is 0.424. The van der Waals surface area contributed by atoms with Gasteiger partial charge < -0.3 is 10.6 Å². The summed E-state index contributed by atoms with van der Waals surface area (Å²) in [6.45, 7) is 0. The SMILES string of the molecule is O=C(Nc1ccccc1)c1ccccc1NS(=O)(=O)c1ccc2c3c(cccc13)C(=O)N2. The number of hydrogen-bond donors (Lipinski definition) is 3. The molecule has 7 nitrogen and oxygen atoms in total. The minimum Gasteiger partial charge on any atom is -0.322 e. The van der Waals surface area contributed by atoms with Gasteiger partial charge in [0.25, 0.3) is 21.8 Å². The molecule has 0 saturated heterocycles. The fraction of sp³-hybridized carbons (Fsp3) is 0. The summed E-state index contributed by atoms with van der Waals surface area (Å²) in [5.41, 5.74) is 1.93. The number of para-hydroxylation sites is 2. The van der Waals surface area contributed by atoms with Gasteiger partial charge in [-0.15, -0.1) is 0 Å². The lowest BCUT2D eigenvalue weighted by atomic mass is 10.1. The molecule has 0 spiro atoms. The number of hydrogen-bond acceptors (Lipinski definition) is 4. The first-order chi connectivity index (χ1) is 15.4. The molecule has 0 saturated carbocycles. The van der Waals surface area contributed by atoms with E-state index in [-0.39, 0.29) is 22.1 Å². The summed E-state index contributed by atoms with van der Waals surface area (Å²) in [6.07, 6.45) is 0. The average Bonchev–Trinajstić information content (AvgIpc) is 3.12. The van der Waals surface area contributed by atoms with Crippen LogP contribution in [0.5, 0.6) is 0 Å². The minimum atomic E-state index is -4.06. The van der Waals surface area contributed by atoms with E-state index in [1.807, 2.05) is 6.07 Å². The molecular formula is C24H17N3O4S. The zero-order valence-electron chi connectivity index (χ0n) is 16.6. The molecule has 5 rings (SSSR count). The predicted octanol–water partition coefficient (Wildman–Crippen LogP) is 4.46. The zero-order chi connectivity index (χ0) is 22.3. The van der Waals surface area contributed by atoms with Crippen molar-refractivity contribution in [2.75, 3.05) is 15.4 Å². The minimum absolute atomic E-state index is 0.0212. The van der Waals surface area contributed by atoms with Crippen LogP contribution in [0, 0.1) is 0 Å². The summed E-state index contributed by atoms with van der Waals surface area (Å²) in [4.78, 5) is 25.0. The summed E-state index contributed by atoms with van der Waals surface area (Å²) < 4.78 is 29.2. The molecule has 0 unspecified atom stereocenters. The van der Waals surface area contributed by atoms with E-state index >= 15 is 0 Å². The molecule has 4 aromatic carbocycles. The largest absolute Gasteiger partial charge is 0.322 e. The topological polar surface area (TPSA) is 104 Å². The highest BCUT2D eigenvalue weighted by Gasteiger charge is 2.27. The van der Waals surface area contributed by atoms with Gasteiger partial charge in [0.15, 0.2) is 0 Å². The Balaban J connectivity index is 1.53. The van der Waals surface area contributed by atoms with Gasteiger partial charge in [-0.1, -0.05) is 42.5 Å². The van der Waals surface area contributed by atoms with Gasteiger partial charge in [-0.05, 0) is 42.5 Å². The number of benzene rings is 4. The molecule has 0 aromatic heterocycles. The van der Waals surface area contributed by atoms with Crippen molar-refractivity contribution in [1.29, 1.82) is 0 Å². The van der Waals surface area contributed by atoms with Crippen molar-refractivity contribution >= 4 is 49.7 Å². The van der Waals surface area contributed by atoms with Gasteiger partial charge in [0, 0.05) is 27.7 Å². The molecule has 0 atom stereocenters. The van der Waals surface area contributed by atoms with Crippen molar-refractivity contribution in [1.82, 2.24) is 0 Å². The predicted molar refractivity (Wildman–Crippen MR) is 124 cm³/mol. The monoisotopic (exact) mass is 443 g/mol. The first-order valence-corrected chi connectivity index (χ1v) is 11.3. The van der Waals surface area contributed by atoms with Crippen LogP contribution in [0.2, 0.25) is 0 Å². The van der Waals surface area contributed by atoms with Gasteiger partial charge in [-0.3, -0.25) is 14.3 Å². The number of carbonyl (C=O) groups excluding carboxylic acids is 2. The van der Waals surface area contributed by atoms with Crippen molar-refractivity contribution in [3.8, 4) is 0 Å². The molecule has 0 fully saturated rings. The summed E-state index contributed by atoms with van der Waals surface area (Å²) >= 11 is 0. The summed E-state index contributed by atoms with van der Waals surface area (Å²) in [6, 6.07) is 23.3. The molecule has 8 heteroatoms. The fourth-order valence-electron chi connectivity index (χ4n) is 3.79. The van der Waals surface area contributed by atoms with Gasteiger partial charge in [0.05, 0.1) is 16.1 Å². The third-order valence-corrected chi connectivity index (χ3v) is 6.65. The number of rotatable bonds is 5. The summed E-state index contributed by atoms with van der Waals surface area (Å²) in [5, 5.41) is 6.49. The average molecular weight is 443 g/mol. The van der Waals surface area contributed by atoms with Crippen LogP contribution in [0.4, 0.5) is 17.1 Å². The molecule has 2 amide bonds. The number of sulfonamides is 1. The third kappa shape index (κ3) is 3.36. The van der Waals surface area contributed by atoms with Crippen LogP contribution in [0.1, 0.15) is 20.7 Å². The van der Waals surface area contributed by atoms with E-state index in [2.05, 4.69) is 15.4 Å². The van der Waals surface area contributed by atoms with Crippen molar-refractivity contribution in [2.45, 2.75) is 4.90 Å². The van der Waals surface area contributed by atoms with Gasteiger partial charge >= 0.3 is 0 Å². The van der Waals surface area contributed by atoms with Gasteiger partial charge in [0.2, 0.25) is 0 Å². The smallest absolute Gasteiger partial charge is 0.262 e. The maximum absolute atomic E-state index is 13.3. The zero-order valence-corrected chi connectivity index (χ0v) is 17.4. The molecule has 1 aliphatic heterocycles. The number of anilines is 3. The lowest BCUT2D eigenvalue weighted by Gasteiger charge is -2.14. The first kappa shape index (κ1) is 19.8. The van der Waals surface area contributed by atoms with E-state index in [1.165, 1.54) is 12.1 Å². The molecule has 3 N–H and O–H groups in total. The van der Waals surface area contributed by atoms with Crippen LogP contribution < -0.4 is 15.4 Å². The Bertz CT molecular complexity index is 1500. The molecule has 32 heavy (non-hydrogen) atoms. The van der Waals surface area contributed by atoms with E-state index in [4.69, 9.17) is 0 Å². The summed E-state index contributed by atoms with van der Waals surface area (Å²) in [7, 11) is -4.06. The van der Waals surface area contributed by atoms with E-state index in [0.717, 1.165) is 0 Å². The Morgan fingerprint density at radius 3 is 2.38 bits per heavy atom. The first-order valence-electron chi connectivity index (χ1n) is 9.79. The number of carbonyl (C=O) groups is 2. The molecule has 1 aliphatic rings. The Morgan fingerprint density at radius 1 is 0.812 bits per heavy atom. The van der Waals surface area contributed by atoms with E-state index in [1.54, 1.807) is 66.7 Å². The Morgan fingerprint density at radius 2 is 1.56 bits per heavy atom. The summed E-state index contributed by atoms with van der Waals surface area (Å²) in [5.74, 6) is -0.708. The highest BCUT2D eigenvalue weighted by atomic mass is 32.2. The van der Waals surface area contributed by atoms with Crippen LogP contribution in [-0.4, -0.2) is 20.2 Å². The Hall–Kier alpha value is -4.17. The van der Waals surface area contributed by atoms with E-state index in [0.29, 0.717) is 27.7 Å². The van der Waals surface area contributed by atoms with E-state index in [9.17, 15) is 18.0 Å². The van der Waals surface area contributed by atoms with Crippen molar-refractivity contribution in [3.63, 3.8) is 0 Å². The highest BCUT2D eigenvalue weighted by Crippen LogP contribution is 2.37. The molecule has 0 bridgehead atoms. The standard InChI is InChI=1S/C24H17N3O4S/c28-23(25-15-7-2-1-3-8-15)16-9-4-5-12-19(16)27-32(30,31)21-14-13-20-22-17(21)10-6-11-18(22)24(29)26-20/h1-14,27H,(H,25,28)(H,26,29). The molecule has 158 valence electrons. The van der Waals surface area contributed by atoms with Crippen LogP contribution in [0.3, 0.4) is 0 Å². The van der Waals surface area contributed by atoms with Crippen molar-refractivity contribution < 1.29 is 18.0 Å². The van der Waals surface area contributed by atoms with Gasteiger partial charge in [0.1, 0.15) is 0 Å². The lowest BCUT2D eigenvalue weighted by molar-refractivity contribution is 0.102. The molecule has 0 radical (unpaired) electrons. The second-order valence-corrected chi connectivity index (χ2v) is 8.92. The normalized spacial score (nSPS) is 12.4. The maximum atomic E-state index is 13.3. The van der Waals surface area contributed by atoms with E-state index < -0.39 is 15.9 Å². The fourth-order valence-corrected chi connectivity index (χ4v) is 5.07. The number of amides is 2. The van der Waals surface area contributed by atoms with Crippen molar-refractivity contribution in [3.05, 3.63) is 96.1 Å². The van der Waals surface area contributed by atoms with Crippen LogP contribution >= 0.6 is 0 Å². The van der Waals surface area contributed by atoms with Crippen LogP contribution in [0.25, 0.3) is 10.8 Å². The van der Waals surface area contributed by atoms with Gasteiger partial charge in [-0.2, -0.15) is 0 Å². The highest BCUT2D eigenvalue weighted by molar-refractivity contribution is 7.93. The second-order valence-electron chi connectivity index (χ2n) is 7.26. The second kappa shape index (κ2) is 7.51. The Kier molecular flexibility index (Phi) is 4.64. The van der Waals surface area contributed by atoms with Gasteiger partial charge in [-0.25, -0.2) is 8.42 Å². The van der Waals surface area contributed by atoms with Crippen molar-refractivity contribution in [2.24, 2.45) is 0 Å². The number of nitrogens with one attached hydrogen (secondary N) is 3. The van der Waals surface area contributed by atoms with Crippen LogP contribution in [-0.2, 0) is 10.0 Å². The molecular weight excluding hydrogens is 426 g/mol. The third-order valence-electron chi connectivity index (χ3n) is 5.23. The molecule has 1 heterocycles. The maximum Gasteiger partial charge on any atom is 0.262 e. The lowest BCUT2D eigenvalue weighted by Crippen LogP contribution is -2.18. The van der Waals surface area contributed by atoms with Crippen LogP contribution in [0.15, 0.2) is 89.8 Å². The molecule has 0 aliphatic carbocycles. The Labute approximate surface area is 184 Å².